The number of benzene rings is 1. The molecule has 1 N–H and O–H groups in total. The van der Waals surface area contributed by atoms with Gasteiger partial charge >= 0.3 is 12.1 Å². The number of carboxylic acids is 1. The molecule has 0 heterocycles. The summed E-state index contributed by atoms with van der Waals surface area (Å²) in [5, 5.41) is 8.43. The van der Waals surface area contributed by atoms with Crippen molar-refractivity contribution >= 4 is 17.6 Å². The number of halogens is 4. The second-order valence-electron chi connectivity index (χ2n) is 3.55. The molecule has 0 amide bonds. The lowest BCUT2D eigenvalue weighted by atomic mass is 10.0. The predicted octanol–water partition coefficient (Wildman–Crippen LogP) is 3.77. The Morgan fingerprint density at radius 1 is 1.35 bits per heavy atom. The lowest BCUT2D eigenvalue weighted by Crippen LogP contribution is -2.09. The first kappa shape index (κ1) is 13.8. The van der Waals surface area contributed by atoms with Crippen LogP contribution in [0.2, 0.25) is 5.02 Å². The van der Waals surface area contributed by atoms with Crippen LogP contribution in [0.4, 0.5) is 13.2 Å². The van der Waals surface area contributed by atoms with Crippen LogP contribution in [0.15, 0.2) is 18.2 Å². The Balaban J connectivity index is 2.87. The van der Waals surface area contributed by atoms with Gasteiger partial charge in [-0.05, 0) is 30.5 Å². The average molecular weight is 267 g/mol. The number of carbonyl (C=O) groups is 1. The van der Waals surface area contributed by atoms with Gasteiger partial charge in [-0.2, -0.15) is 13.2 Å². The molecule has 0 saturated carbocycles. The summed E-state index contributed by atoms with van der Waals surface area (Å²) in [5.74, 6) is -1.02. The van der Waals surface area contributed by atoms with Crippen LogP contribution in [0.5, 0.6) is 0 Å². The quantitative estimate of drug-likeness (QED) is 0.901. The van der Waals surface area contributed by atoms with Crippen LogP contribution in [-0.4, -0.2) is 11.1 Å². The molecule has 1 aromatic rings. The van der Waals surface area contributed by atoms with Gasteiger partial charge in [-0.15, -0.1) is 0 Å². The number of rotatable bonds is 4. The van der Waals surface area contributed by atoms with Crippen molar-refractivity contribution in [3.8, 4) is 0 Å². The fraction of sp³-hybridized carbons (Fsp3) is 0.364. The van der Waals surface area contributed by atoms with Crippen LogP contribution in [-0.2, 0) is 17.4 Å². The largest absolute Gasteiger partial charge is 0.481 e. The Morgan fingerprint density at radius 3 is 2.53 bits per heavy atom. The van der Waals surface area contributed by atoms with Gasteiger partial charge in [-0.1, -0.05) is 17.7 Å². The van der Waals surface area contributed by atoms with Gasteiger partial charge < -0.3 is 5.11 Å². The number of hydrogen-bond donors (Lipinski definition) is 1. The highest BCUT2D eigenvalue weighted by molar-refractivity contribution is 6.30. The summed E-state index contributed by atoms with van der Waals surface area (Å²) < 4.78 is 37.9. The normalized spacial score (nSPS) is 11.5. The molecule has 0 aliphatic heterocycles. The van der Waals surface area contributed by atoms with Crippen molar-refractivity contribution in [1.29, 1.82) is 0 Å². The Bertz CT molecular complexity index is 416. The first-order valence-electron chi connectivity index (χ1n) is 4.88. The number of carboxylic acid groups (broad SMARTS) is 1. The monoisotopic (exact) mass is 266 g/mol. The van der Waals surface area contributed by atoms with Gasteiger partial charge in [-0.25, -0.2) is 0 Å². The van der Waals surface area contributed by atoms with Crippen LogP contribution >= 0.6 is 11.6 Å². The number of alkyl halides is 3. The molecule has 6 heteroatoms. The smallest absolute Gasteiger partial charge is 0.416 e. The van der Waals surface area contributed by atoms with Crippen molar-refractivity contribution in [2.24, 2.45) is 0 Å². The van der Waals surface area contributed by atoms with Crippen molar-refractivity contribution in [1.82, 2.24) is 0 Å². The van der Waals surface area contributed by atoms with Crippen molar-refractivity contribution in [3.63, 3.8) is 0 Å². The highest BCUT2D eigenvalue weighted by atomic mass is 35.5. The summed E-state index contributed by atoms with van der Waals surface area (Å²) in [5.41, 5.74) is -0.724. The first-order chi connectivity index (χ1) is 7.80. The van der Waals surface area contributed by atoms with Gasteiger partial charge in [-0.3, -0.25) is 4.79 Å². The number of aliphatic carboxylic acids is 1. The SMILES string of the molecule is O=C(O)CCCc1ccc(Cl)cc1C(F)(F)F. The maximum atomic E-state index is 12.6. The molecular formula is C11H10ClF3O2. The molecule has 0 unspecified atom stereocenters. The zero-order valence-corrected chi connectivity index (χ0v) is 9.48. The third-order valence-corrected chi connectivity index (χ3v) is 2.45. The van der Waals surface area contributed by atoms with Crippen molar-refractivity contribution < 1.29 is 23.1 Å². The molecule has 0 spiro atoms. The predicted molar refractivity (Wildman–Crippen MR) is 57.0 cm³/mol. The van der Waals surface area contributed by atoms with Crippen LogP contribution in [0, 0.1) is 0 Å². The highest BCUT2D eigenvalue weighted by Crippen LogP contribution is 2.34. The zero-order chi connectivity index (χ0) is 13.1. The van der Waals surface area contributed by atoms with Gasteiger partial charge in [0, 0.05) is 11.4 Å². The molecule has 0 aromatic heterocycles. The van der Waals surface area contributed by atoms with Crippen LogP contribution < -0.4 is 0 Å². The van der Waals surface area contributed by atoms with Gasteiger partial charge in [0.15, 0.2) is 0 Å². The molecule has 2 nitrogen and oxygen atoms in total. The molecule has 0 radical (unpaired) electrons. The van der Waals surface area contributed by atoms with E-state index in [0.29, 0.717) is 0 Å². The van der Waals surface area contributed by atoms with E-state index in [1.54, 1.807) is 0 Å². The molecular weight excluding hydrogens is 257 g/mol. The van der Waals surface area contributed by atoms with Gasteiger partial charge in [0.1, 0.15) is 0 Å². The minimum atomic E-state index is -4.47. The summed E-state index contributed by atoms with van der Waals surface area (Å²) in [4.78, 5) is 10.3. The Morgan fingerprint density at radius 2 is 2.00 bits per heavy atom. The molecule has 0 saturated heterocycles. The molecule has 1 rings (SSSR count). The maximum absolute atomic E-state index is 12.6. The molecule has 94 valence electrons. The van der Waals surface area contributed by atoms with Crippen LogP contribution in [0.3, 0.4) is 0 Å². The highest BCUT2D eigenvalue weighted by Gasteiger charge is 2.33. The lowest BCUT2D eigenvalue weighted by molar-refractivity contribution is -0.138. The molecule has 1 aromatic carbocycles. The minimum absolute atomic E-state index is 0.0132. The zero-order valence-electron chi connectivity index (χ0n) is 8.72. The van der Waals surface area contributed by atoms with Crippen LogP contribution in [0.25, 0.3) is 0 Å². The molecule has 0 bridgehead atoms. The van der Waals surface area contributed by atoms with E-state index in [0.717, 1.165) is 6.07 Å². The third kappa shape index (κ3) is 4.26. The summed E-state index contributed by atoms with van der Waals surface area (Å²) in [6.45, 7) is 0. The Kier molecular flexibility index (Phi) is 4.40. The third-order valence-electron chi connectivity index (χ3n) is 2.21. The van der Waals surface area contributed by atoms with E-state index in [1.807, 2.05) is 0 Å². The van der Waals surface area contributed by atoms with Crippen molar-refractivity contribution in [3.05, 3.63) is 34.3 Å². The molecule has 0 aliphatic rings. The standard InChI is InChI=1S/C11H10ClF3O2/c12-8-5-4-7(2-1-3-10(16)17)9(6-8)11(13,14)15/h4-6H,1-3H2,(H,16,17). The van der Waals surface area contributed by atoms with Gasteiger partial charge in [0.05, 0.1) is 5.56 Å². The number of hydrogen-bond acceptors (Lipinski definition) is 1. The van der Waals surface area contributed by atoms with Crippen LogP contribution in [0.1, 0.15) is 24.0 Å². The second kappa shape index (κ2) is 5.40. The van der Waals surface area contributed by atoms with E-state index in [1.165, 1.54) is 12.1 Å². The summed E-state index contributed by atoms with van der Waals surface area (Å²) in [6.07, 6.45) is -4.39. The maximum Gasteiger partial charge on any atom is 0.416 e. The number of aryl methyl sites for hydroxylation is 1. The summed E-state index contributed by atoms with van der Waals surface area (Å²) >= 11 is 5.51. The van der Waals surface area contributed by atoms with E-state index in [4.69, 9.17) is 16.7 Å². The Labute approximate surface area is 101 Å². The van der Waals surface area contributed by atoms with Gasteiger partial charge in [0.25, 0.3) is 0 Å². The second-order valence-corrected chi connectivity index (χ2v) is 3.98. The molecule has 0 aliphatic carbocycles. The fourth-order valence-electron chi connectivity index (χ4n) is 1.46. The summed E-state index contributed by atoms with van der Waals surface area (Å²) in [6, 6.07) is 3.51. The van der Waals surface area contributed by atoms with E-state index in [9.17, 15) is 18.0 Å². The van der Waals surface area contributed by atoms with E-state index in [2.05, 4.69) is 0 Å². The van der Waals surface area contributed by atoms with Crippen molar-refractivity contribution in [2.75, 3.05) is 0 Å². The van der Waals surface area contributed by atoms with E-state index >= 15 is 0 Å². The molecule has 0 atom stereocenters. The minimum Gasteiger partial charge on any atom is -0.481 e. The fourth-order valence-corrected chi connectivity index (χ4v) is 1.63. The molecule has 0 fully saturated rings. The summed E-state index contributed by atoms with van der Waals surface area (Å²) in [7, 11) is 0. The van der Waals surface area contributed by atoms with E-state index < -0.39 is 17.7 Å². The van der Waals surface area contributed by atoms with E-state index in [-0.39, 0.29) is 29.8 Å². The Hall–Kier alpha value is -1.23. The van der Waals surface area contributed by atoms with Gasteiger partial charge in [0.2, 0.25) is 0 Å². The average Bonchev–Trinajstić information content (AvgIpc) is 2.18. The topological polar surface area (TPSA) is 37.3 Å². The molecule has 17 heavy (non-hydrogen) atoms. The first-order valence-corrected chi connectivity index (χ1v) is 5.26. The lowest BCUT2D eigenvalue weighted by Gasteiger charge is -2.12. The van der Waals surface area contributed by atoms with Crippen molar-refractivity contribution in [2.45, 2.75) is 25.4 Å².